The molecular weight excluding hydrogens is 172 g/mol. The van der Waals surface area contributed by atoms with E-state index in [-0.39, 0.29) is 6.04 Å². The molecule has 0 spiro atoms. The lowest BCUT2D eigenvalue weighted by Gasteiger charge is -2.31. The van der Waals surface area contributed by atoms with Gasteiger partial charge in [-0.3, -0.25) is 5.32 Å². The van der Waals surface area contributed by atoms with Gasteiger partial charge in [-0.15, -0.1) is 6.42 Å². The Balaban J connectivity index is 2.33. The van der Waals surface area contributed by atoms with Crippen LogP contribution in [0.5, 0.6) is 0 Å². The highest BCUT2D eigenvalue weighted by Gasteiger charge is 2.20. The minimum absolute atomic E-state index is 0.218. The van der Waals surface area contributed by atoms with E-state index < -0.39 is 0 Å². The molecule has 1 saturated heterocycles. The normalized spacial score (nSPS) is 29.9. The van der Waals surface area contributed by atoms with Crippen molar-refractivity contribution in [3.63, 3.8) is 0 Å². The summed E-state index contributed by atoms with van der Waals surface area (Å²) in [6.07, 6.45) is 7.96. The zero-order valence-electron chi connectivity index (χ0n) is 9.51. The first-order valence-corrected chi connectivity index (χ1v) is 5.59. The second-order valence-corrected chi connectivity index (χ2v) is 4.64. The molecule has 14 heavy (non-hydrogen) atoms. The average molecular weight is 194 g/mol. The number of hydrogen-bond donors (Lipinski definition) is 2. The Kier molecular flexibility index (Phi) is 4.44. The largest absolute Gasteiger partial charge is 0.313 e. The lowest BCUT2D eigenvalue weighted by molar-refractivity contribution is 0.309. The number of hydrogen-bond acceptors (Lipinski definition) is 2. The van der Waals surface area contributed by atoms with Crippen molar-refractivity contribution in [1.82, 2.24) is 10.6 Å². The molecule has 0 radical (unpaired) electrons. The fourth-order valence-electron chi connectivity index (χ4n) is 1.83. The average Bonchev–Trinajstić information content (AvgIpc) is 2.16. The third kappa shape index (κ3) is 3.32. The van der Waals surface area contributed by atoms with Crippen LogP contribution in [0.1, 0.15) is 33.6 Å². The molecule has 0 aliphatic carbocycles. The summed E-state index contributed by atoms with van der Waals surface area (Å²) in [4.78, 5) is 0. The fraction of sp³-hybridized carbons (Fsp3) is 0.833. The summed E-state index contributed by atoms with van der Waals surface area (Å²) in [5.41, 5.74) is 0. The van der Waals surface area contributed by atoms with Crippen LogP contribution in [0.3, 0.4) is 0 Å². The number of piperidine rings is 1. The van der Waals surface area contributed by atoms with E-state index in [1.807, 2.05) is 0 Å². The monoisotopic (exact) mass is 194 g/mol. The number of terminal acetylenes is 1. The molecule has 0 amide bonds. The van der Waals surface area contributed by atoms with Gasteiger partial charge in [-0.2, -0.15) is 0 Å². The number of rotatable bonds is 3. The zero-order chi connectivity index (χ0) is 10.6. The SMILES string of the molecule is C#CC(NC1CCC(C)NC1)C(C)C. The molecule has 80 valence electrons. The molecule has 1 aliphatic rings. The van der Waals surface area contributed by atoms with Crippen molar-refractivity contribution >= 4 is 0 Å². The summed E-state index contributed by atoms with van der Waals surface area (Å²) in [5.74, 6) is 3.33. The zero-order valence-corrected chi connectivity index (χ0v) is 9.51. The third-order valence-electron chi connectivity index (χ3n) is 2.92. The molecular formula is C12H22N2. The molecule has 0 aromatic rings. The van der Waals surface area contributed by atoms with Gasteiger partial charge in [0.15, 0.2) is 0 Å². The molecule has 0 aromatic carbocycles. The molecule has 2 N–H and O–H groups in total. The van der Waals surface area contributed by atoms with E-state index in [0.717, 1.165) is 6.54 Å². The van der Waals surface area contributed by atoms with Gasteiger partial charge in [0.2, 0.25) is 0 Å². The van der Waals surface area contributed by atoms with Crippen LogP contribution in [0.25, 0.3) is 0 Å². The van der Waals surface area contributed by atoms with Crippen molar-refractivity contribution in [2.24, 2.45) is 5.92 Å². The second kappa shape index (κ2) is 5.38. The summed E-state index contributed by atoms with van der Waals surface area (Å²) in [7, 11) is 0. The van der Waals surface area contributed by atoms with Crippen LogP contribution < -0.4 is 10.6 Å². The smallest absolute Gasteiger partial charge is 0.0712 e. The van der Waals surface area contributed by atoms with Gasteiger partial charge in [0.1, 0.15) is 0 Å². The Morgan fingerprint density at radius 2 is 2.14 bits per heavy atom. The molecule has 1 heterocycles. The van der Waals surface area contributed by atoms with E-state index in [9.17, 15) is 0 Å². The highest BCUT2D eigenvalue weighted by molar-refractivity contribution is 5.02. The summed E-state index contributed by atoms with van der Waals surface area (Å²) in [5, 5.41) is 7.00. The van der Waals surface area contributed by atoms with E-state index in [4.69, 9.17) is 6.42 Å². The molecule has 0 aromatic heterocycles. The Morgan fingerprint density at radius 1 is 1.43 bits per heavy atom. The Morgan fingerprint density at radius 3 is 2.57 bits per heavy atom. The molecule has 1 fully saturated rings. The summed E-state index contributed by atoms with van der Waals surface area (Å²) in [6, 6.07) is 1.43. The van der Waals surface area contributed by atoms with Gasteiger partial charge in [0.05, 0.1) is 6.04 Å². The Hall–Kier alpha value is -0.520. The first-order chi connectivity index (χ1) is 6.63. The Labute approximate surface area is 87.8 Å². The van der Waals surface area contributed by atoms with Crippen LogP contribution >= 0.6 is 0 Å². The van der Waals surface area contributed by atoms with Gasteiger partial charge >= 0.3 is 0 Å². The lowest BCUT2D eigenvalue weighted by Crippen LogP contribution is -2.50. The molecule has 1 rings (SSSR count). The summed E-state index contributed by atoms with van der Waals surface area (Å²) >= 11 is 0. The van der Waals surface area contributed by atoms with Crippen molar-refractivity contribution < 1.29 is 0 Å². The highest BCUT2D eigenvalue weighted by Crippen LogP contribution is 2.10. The van der Waals surface area contributed by atoms with Crippen molar-refractivity contribution in [3.8, 4) is 12.3 Å². The maximum atomic E-state index is 5.49. The quantitative estimate of drug-likeness (QED) is 0.663. The van der Waals surface area contributed by atoms with Crippen LogP contribution in [0, 0.1) is 18.3 Å². The van der Waals surface area contributed by atoms with Crippen LogP contribution in [-0.2, 0) is 0 Å². The maximum Gasteiger partial charge on any atom is 0.0712 e. The number of nitrogens with one attached hydrogen (secondary N) is 2. The van der Waals surface area contributed by atoms with Gasteiger partial charge in [-0.05, 0) is 25.7 Å². The molecule has 3 unspecified atom stereocenters. The topological polar surface area (TPSA) is 24.1 Å². The van der Waals surface area contributed by atoms with Crippen LogP contribution in [0.4, 0.5) is 0 Å². The fourth-order valence-corrected chi connectivity index (χ4v) is 1.83. The lowest BCUT2D eigenvalue weighted by atomic mass is 9.98. The van der Waals surface area contributed by atoms with Gasteiger partial charge < -0.3 is 5.32 Å². The highest BCUT2D eigenvalue weighted by atomic mass is 15.0. The summed E-state index contributed by atoms with van der Waals surface area (Å²) < 4.78 is 0. The first-order valence-electron chi connectivity index (χ1n) is 5.59. The van der Waals surface area contributed by atoms with Crippen molar-refractivity contribution in [3.05, 3.63) is 0 Å². The van der Waals surface area contributed by atoms with Gasteiger partial charge in [-0.25, -0.2) is 0 Å². The predicted molar refractivity (Wildman–Crippen MR) is 61.1 cm³/mol. The van der Waals surface area contributed by atoms with E-state index in [2.05, 4.69) is 37.3 Å². The Bertz CT molecular complexity index is 197. The third-order valence-corrected chi connectivity index (χ3v) is 2.92. The van der Waals surface area contributed by atoms with Crippen LogP contribution in [0.2, 0.25) is 0 Å². The van der Waals surface area contributed by atoms with Crippen molar-refractivity contribution in [1.29, 1.82) is 0 Å². The molecule has 0 saturated carbocycles. The summed E-state index contributed by atoms with van der Waals surface area (Å²) in [6.45, 7) is 7.61. The molecule has 2 nitrogen and oxygen atoms in total. The van der Waals surface area contributed by atoms with Crippen molar-refractivity contribution in [2.45, 2.75) is 51.7 Å². The molecule has 1 aliphatic heterocycles. The molecule has 2 heteroatoms. The molecule has 0 bridgehead atoms. The van der Waals surface area contributed by atoms with Crippen molar-refractivity contribution in [2.75, 3.05) is 6.54 Å². The standard InChI is InChI=1S/C12H22N2/c1-5-12(9(2)3)14-11-7-6-10(4)13-8-11/h1,9-14H,6-8H2,2-4H3. The van der Waals surface area contributed by atoms with Gasteiger partial charge in [-0.1, -0.05) is 19.8 Å². The minimum Gasteiger partial charge on any atom is -0.313 e. The van der Waals surface area contributed by atoms with Crippen LogP contribution in [0.15, 0.2) is 0 Å². The van der Waals surface area contributed by atoms with Crippen LogP contribution in [-0.4, -0.2) is 24.7 Å². The predicted octanol–water partition coefficient (Wildman–Crippen LogP) is 1.37. The maximum absolute atomic E-state index is 5.49. The second-order valence-electron chi connectivity index (χ2n) is 4.64. The van der Waals surface area contributed by atoms with E-state index in [1.165, 1.54) is 12.8 Å². The first kappa shape index (κ1) is 11.6. The van der Waals surface area contributed by atoms with Gasteiger partial charge in [0.25, 0.3) is 0 Å². The van der Waals surface area contributed by atoms with E-state index >= 15 is 0 Å². The van der Waals surface area contributed by atoms with Gasteiger partial charge in [0, 0.05) is 18.6 Å². The van der Waals surface area contributed by atoms with E-state index in [0.29, 0.717) is 18.0 Å². The van der Waals surface area contributed by atoms with E-state index in [1.54, 1.807) is 0 Å². The minimum atomic E-state index is 0.218. The molecule has 3 atom stereocenters.